The molecule has 8 rings (SSSR count). The molecule has 6 aliphatic rings. The Bertz CT molecular complexity index is 1140. The van der Waals surface area contributed by atoms with Gasteiger partial charge in [-0.15, -0.1) is 0 Å². The molecule has 2 heterocycles. The Morgan fingerprint density at radius 2 is 1.70 bits per heavy atom. The normalized spacial score (nSPS) is 48.4. The molecule has 1 aromatic carbocycles. The Morgan fingerprint density at radius 3 is 2.43 bits per heavy atom. The number of imide groups is 1. The Kier molecular flexibility index (Phi) is 2.56. The minimum atomic E-state index is -1.05. The molecule has 0 spiro atoms. The number of urea groups is 1. The predicted molar refractivity (Wildman–Crippen MR) is 104 cm³/mol. The molecule has 2 bridgehead atoms. The van der Waals surface area contributed by atoms with Crippen LogP contribution in [-0.2, 0) is 10.3 Å². The van der Waals surface area contributed by atoms with Gasteiger partial charge in [-0.2, -0.15) is 4.98 Å². The van der Waals surface area contributed by atoms with E-state index in [9.17, 15) is 9.59 Å². The van der Waals surface area contributed by atoms with Gasteiger partial charge >= 0.3 is 6.03 Å². The van der Waals surface area contributed by atoms with Crippen LogP contribution in [0.15, 0.2) is 28.8 Å². The molecule has 2 aromatic rings. The molecule has 2 N–H and O–H groups in total. The summed E-state index contributed by atoms with van der Waals surface area (Å²) < 4.78 is 5.84. The van der Waals surface area contributed by atoms with E-state index < -0.39 is 11.6 Å². The first-order valence-corrected chi connectivity index (χ1v) is 11.1. The zero-order chi connectivity index (χ0) is 19.9. The van der Waals surface area contributed by atoms with E-state index in [2.05, 4.69) is 15.8 Å². The summed E-state index contributed by atoms with van der Waals surface area (Å²) in [7, 11) is 0. The van der Waals surface area contributed by atoms with E-state index in [-0.39, 0.29) is 5.91 Å². The number of hydrogen-bond acceptors (Lipinski definition) is 5. The number of carbonyl (C=O) groups excluding carboxylic acids is 2. The van der Waals surface area contributed by atoms with Crippen LogP contribution >= 0.6 is 0 Å². The highest BCUT2D eigenvalue weighted by Gasteiger charge is 2.81. The van der Waals surface area contributed by atoms with E-state index in [1.54, 1.807) is 6.92 Å². The topological polar surface area (TPSA) is 97.1 Å². The van der Waals surface area contributed by atoms with E-state index in [0.29, 0.717) is 11.7 Å². The summed E-state index contributed by atoms with van der Waals surface area (Å²) in [5, 5.41) is 9.30. The van der Waals surface area contributed by atoms with Crippen molar-refractivity contribution in [3.63, 3.8) is 0 Å². The van der Waals surface area contributed by atoms with Gasteiger partial charge < -0.3 is 9.84 Å². The molecule has 7 nitrogen and oxygen atoms in total. The average molecular weight is 402 g/mol. The standard InChI is InChI=1S/C23H22N4O3/c1-23(21(28)25-22(29)26-23)9-4-2-8(3-5-9)19-24-20(30-27-19)18-15-11-7-12-14-10(11)6-13(15)16(14)17(12)18/h2-5,10-18H,6-7H2,1H3,(H2,25,26,28,29). The fourth-order valence-electron chi connectivity index (χ4n) is 8.99. The van der Waals surface area contributed by atoms with Gasteiger partial charge in [0, 0.05) is 11.5 Å². The smallest absolute Gasteiger partial charge is 0.322 e. The van der Waals surface area contributed by atoms with Crippen LogP contribution in [0.2, 0.25) is 0 Å². The second-order valence-electron chi connectivity index (χ2n) is 10.5. The van der Waals surface area contributed by atoms with E-state index in [0.717, 1.165) is 64.4 Å². The van der Waals surface area contributed by atoms with Gasteiger partial charge in [0.05, 0.1) is 0 Å². The SMILES string of the molecule is CC1(c2ccc(-c3noc(C4C5C6CC7C8C6CC5C8C74)n3)cc2)NC(=O)NC1=O. The van der Waals surface area contributed by atoms with Crippen LogP contribution in [0.25, 0.3) is 11.4 Å². The van der Waals surface area contributed by atoms with Gasteiger partial charge in [-0.1, -0.05) is 29.4 Å². The minimum Gasteiger partial charge on any atom is -0.339 e. The van der Waals surface area contributed by atoms with Crippen molar-refractivity contribution >= 4 is 11.9 Å². The van der Waals surface area contributed by atoms with E-state index in [4.69, 9.17) is 9.51 Å². The van der Waals surface area contributed by atoms with Crippen LogP contribution in [-0.4, -0.2) is 22.1 Å². The van der Waals surface area contributed by atoms with E-state index >= 15 is 0 Å². The quantitative estimate of drug-likeness (QED) is 0.770. The molecule has 1 aromatic heterocycles. The highest BCUT2D eigenvalue weighted by molar-refractivity contribution is 6.07. The van der Waals surface area contributed by atoms with Crippen LogP contribution in [0.4, 0.5) is 4.79 Å². The number of carbonyl (C=O) groups is 2. The molecule has 6 fully saturated rings. The molecule has 3 amide bonds. The zero-order valence-corrected chi connectivity index (χ0v) is 16.5. The first-order chi connectivity index (χ1) is 14.5. The third-order valence-corrected chi connectivity index (χ3v) is 9.82. The monoisotopic (exact) mass is 402 g/mol. The maximum absolute atomic E-state index is 12.2. The lowest BCUT2D eigenvalue weighted by molar-refractivity contribution is -0.123. The van der Waals surface area contributed by atoms with Gasteiger partial charge in [0.2, 0.25) is 11.7 Å². The summed E-state index contributed by atoms with van der Waals surface area (Å²) >= 11 is 0. The fraction of sp³-hybridized carbons (Fsp3) is 0.565. The van der Waals surface area contributed by atoms with Gasteiger partial charge in [-0.3, -0.25) is 10.1 Å². The number of hydrogen-bond donors (Lipinski definition) is 2. The van der Waals surface area contributed by atoms with Gasteiger partial charge in [0.1, 0.15) is 5.54 Å². The Labute approximate surface area is 173 Å². The van der Waals surface area contributed by atoms with Crippen molar-refractivity contribution in [3.05, 3.63) is 35.7 Å². The van der Waals surface area contributed by atoms with Crippen LogP contribution in [0, 0.1) is 47.3 Å². The van der Waals surface area contributed by atoms with Crippen LogP contribution < -0.4 is 10.6 Å². The molecule has 0 radical (unpaired) electrons. The summed E-state index contributed by atoms with van der Waals surface area (Å²) in [5.74, 6) is 8.87. The van der Waals surface area contributed by atoms with Crippen LogP contribution in [0.1, 0.15) is 37.1 Å². The van der Waals surface area contributed by atoms with Crippen LogP contribution in [0.3, 0.4) is 0 Å². The molecule has 1 aliphatic heterocycles. The molecule has 5 aliphatic carbocycles. The summed E-state index contributed by atoms with van der Waals surface area (Å²) in [4.78, 5) is 28.6. The highest BCUT2D eigenvalue weighted by Crippen LogP contribution is 2.85. The molecule has 7 heteroatoms. The summed E-state index contributed by atoms with van der Waals surface area (Å²) in [6.45, 7) is 1.70. The summed E-state index contributed by atoms with van der Waals surface area (Å²) in [6, 6.07) is 7.02. The number of rotatable bonds is 3. The number of aromatic nitrogens is 2. The third-order valence-electron chi connectivity index (χ3n) is 9.82. The van der Waals surface area contributed by atoms with Crippen molar-refractivity contribution in [2.24, 2.45) is 47.3 Å². The number of nitrogens with one attached hydrogen (secondary N) is 2. The second kappa shape index (κ2) is 4.79. The first kappa shape index (κ1) is 16.1. The fourth-order valence-corrected chi connectivity index (χ4v) is 8.99. The maximum Gasteiger partial charge on any atom is 0.322 e. The molecule has 5 saturated carbocycles. The predicted octanol–water partition coefficient (Wildman–Crippen LogP) is 2.65. The van der Waals surface area contributed by atoms with Crippen LogP contribution in [0.5, 0.6) is 0 Å². The van der Waals surface area contributed by atoms with Crippen molar-refractivity contribution in [2.75, 3.05) is 0 Å². The zero-order valence-electron chi connectivity index (χ0n) is 16.5. The average Bonchev–Trinajstić information content (AvgIpc) is 3.46. The van der Waals surface area contributed by atoms with E-state index in [1.165, 1.54) is 12.8 Å². The second-order valence-corrected chi connectivity index (χ2v) is 10.5. The lowest BCUT2D eigenvalue weighted by Crippen LogP contribution is -2.43. The first-order valence-electron chi connectivity index (χ1n) is 11.1. The van der Waals surface area contributed by atoms with Gasteiger partial charge in [0.25, 0.3) is 5.91 Å². The third kappa shape index (κ3) is 1.58. The number of nitrogens with zero attached hydrogens (tertiary/aromatic N) is 2. The van der Waals surface area contributed by atoms with Gasteiger partial charge in [-0.05, 0) is 72.7 Å². The maximum atomic E-state index is 12.2. The number of benzene rings is 1. The molecule has 30 heavy (non-hydrogen) atoms. The Morgan fingerprint density at radius 1 is 0.967 bits per heavy atom. The molecular weight excluding hydrogens is 380 g/mol. The van der Waals surface area contributed by atoms with Crippen molar-refractivity contribution in [1.29, 1.82) is 0 Å². The molecule has 10 atom stereocenters. The molecule has 1 saturated heterocycles. The Hall–Kier alpha value is -2.70. The van der Waals surface area contributed by atoms with Crippen molar-refractivity contribution in [1.82, 2.24) is 20.8 Å². The lowest BCUT2D eigenvalue weighted by Gasteiger charge is -2.47. The lowest BCUT2D eigenvalue weighted by atomic mass is 9.57. The molecule has 152 valence electrons. The molecular formula is C23H22N4O3. The van der Waals surface area contributed by atoms with Crippen molar-refractivity contribution in [2.45, 2.75) is 31.2 Å². The van der Waals surface area contributed by atoms with Gasteiger partial charge in [-0.25, -0.2) is 4.79 Å². The van der Waals surface area contributed by atoms with Gasteiger partial charge in [0.15, 0.2) is 0 Å². The van der Waals surface area contributed by atoms with Crippen molar-refractivity contribution < 1.29 is 14.1 Å². The highest BCUT2D eigenvalue weighted by atomic mass is 16.5. The summed E-state index contributed by atoms with van der Waals surface area (Å²) in [6.07, 6.45) is 2.92. The van der Waals surface area contributed by atoms with E-state index in [1.807, 2.05) is 24.3 Å². The Balaban J connectivity index is 1.10. The number of amides is 3. The van der Waals surface area contributed by atoms with Crippen molar-refractivity contribution in [3.8, 4) is 11.4 Å². The largest absolute Gasteiger partial charge is 0.339 e. The molecule has 10 unspecified atom stereocenters. The number of fused-ring (bicyclic) bond motifs is 2. The minimum absolute atomic E-state index is 0.342. The summed E-state index contributed by atoms with van der Waals surface area (Å²) in [5.41, 5.74) is 0.536.